The molecule has 10 nitrogen and oxygen atoms in total. The molecule has 3 aromatic rings. The minimum absolute atomic E-state index is 0.118. The fourth-order valence-electron chi connectivity index (χ4n) is 2.18. The molecule has 0 saturated heterocycles. The van der Waals surface area contributed by atoms with Crippen LogP contribution in [0.25, 0.3) is 10.4 Å². The summed E-state index contributed by atoms with van der Waals surface area (Å²) < 4.78 is 0. The van der Waals surface area contributed by atoms with Gasteiger partial charge in [-0.15, -0.1) is 11.3 Å². The number of rotatable bonds is 5. The summed E-state index contributed by atoms with van der Waals surface area (Å²) in [5.41, 5.74) is 5.62. The number of thiazole rings is 2. The fourth-order valence-corrected chi connectivity index (χ4v) is 3.67. The highest BCUT2D eigenvalue weighted by molar-refractivity contribution is 7.19. The van der Waals surface area contributed by atoms with Gasteiger partial charge in [-0.2, -0.15) is 5.53 Å². The van der Waals surface area contributed by atoms with Gasteiger partial charge in [0.1, 0.15) is 5.69 Å². The first-order chi connectivity index (χ1) is 13.6. The Bertz CT molecular complexity index is 986. The number of amides is 2. The molecule has 0 fully saturated rings. The van der Waals surface area contributed by atoms with E-state index in [1.165, 1.54) is 29.7 Å². The Kier molecular flexibility index (Phi) is 6.39. The molecule has 1 aromatic carbocycles. The Morgan fingerprint density at radius 1 is 1.18 bits per heavy atom. The fraction of sp³-hybridized carbons (Fsp3) is 0.0625. The standard InChI is InChI=1S/C16H16N8O2S2/c1-18-15(23-24-17)21-12(25)10-11(9-5-3-2-4-6-9)28-16(20-10)22-13(26)14-19-7-8-27-14/h2-8,24H,17H2,1H3,(H,20,22,26)(H2,18,21,23,25). The Labute approximate surface area is 167 Å². The van der Waals surface area contributed by atoms with Crippen molar-refractivity contribution in [2.75, 3.05) is 12.4 Å². The summed E-state index contributed by atoms with van der Waals surface area (Å²) >= 11 is 2.40. The number of nitrogens with one attached hydrogen (secondary N) is 4. The lowest BCUT2D eigenvalue weighted by Gasteiger charge is -2.08. The van der Waals surface area contributed by atoms with Gasteiger partial charge in [0.25, 0.3) is 11.8 Å². The summed E-state index contributed by atoms with van der Waals surface area (Å²) in [6.45, 7) is 0. The molecule has 0 atom stereocenters. The molecule has 0 bridgehead atoms. The van der Waals surface area contributed by atoms with Crippen molar-refractivity contribution in [1.29, 1.82) is 0 Å². The normalized spacial score (nSPS) is 11.1. The second-order valence-corrected chi connectivity index (χ2v) is 7.04. The average Bonchev–Trinajstić information content (AvgIpc) is 3.38. The highest BCUT2D eigenvalue weighted by Crippen LogP contribution is 2.33. The third-order valence-corrected chi connectivity index (χ3v) is 5.16. The third-order valence-electron chi connectivity index (χ3n) is 3.37. The molecule has 2 amide bonds. The van der Waals surface area contributed by atoms with Crippen LogP contribution in [0.3, 0.4) is 0 Å². The van der Waals surface area contributed by atoms with Crippen molar-refractivity contribution in [2.24, 2.45) is 10.8 Å². The second-order valence-electron chi connectivity index (χ2n) is 5.15. The minimum atomic E-state index is -0.506. The first kappa shape index (κ1) is 19.6. The lowest BCUT2D eigenvalue weighted by atomic mass is 10.1. The molecule has 0 unspecified atom stereocenters. The van der Waals surface area contributed by atoms with Crippen LogP contribution in [0.5, 0.6) is 0 Å². The van der Waals surface area contributed by atoms with Gasteiger partial charge in [-0.25, -0.2) is 9.97 Å². The predicted molar refractivity (Wildman–Crippen MR) is 109 cm³/mol. The van der Waals surface area contributed by atoms with Crippen molar-refractivity contribution in [1.82, 2.24) is 26.2 Å². The molecule has 2 aromatic heterocycles. The number of guanidine groups is 1. The predicted octanol–water partition coefficient (Wildman–Crippen LogP) is 1.20. The Morgan fingerprint density at radius 2 is 1.96 bits per heavy atom. The number of hydrazine groups is 2. The van der Waals surface area contributed by atoms with E-state index in [1.54, 1.807) is 11.6 Å². The molecule has 0 aliphatic carbocycles. The van der Waals surface area contributed by atoms with Crippen molar-refractivity contribution in [3.8, 4) is 10.4 Å². The summed E-state index contributed by atoms with van der Waals surface area (Å²) in [7, 11) is 1.48. The Hall–Kier alpha value is -3.19. The van der Waals surface area contributed by atoms with Gasteiger partial charge in [-0.1, -0.05) is 41.7 Å². The number of aliphatic imine (C=N–C) groups is 1. The summed E-state index contributed by atoms with van der Waals surface area (Å²) in [5, 5.41) is 7.54. The number of anilines is 1. The topological polar surface area (TPSA) is 146 Å². The van der Waals surface area contributed by atoms with E-state index in [0.717, 1.165) is 5.56 Å². The summed E-state index contributed by atoms with van der Waals surface area (Å²) in [6, 6.07) is 9.28. The molecular weight excluding hydrogens is 400 g/mol. The highest BCUT2D eigenvalue weighted by atomic mass is 32.1. The van der Waals surface area contributed by atoms with Crippen molar-refractivity contribution in [2.45, 2.75) is 0 Å². The monoisotopic (exact) mass is 416 g/mol. The number of carbonyl (C=O) groups is 2. The minimum Gasteiger partial charge on any atom is -0.296 e. The molecule has 2 heterocycles. The van der Waals surface area contributed by atoms with Crippen LogP contribution in [0.4, 0.5) is 5.13 Å². The molecule has 28 heavy (non-hydrogen) atoms. The molecule has 0 radical (unpaired) electrons. The maximum Gasteiger partial charge on any atom is 0.286 e. The Morgan fingerprint density at radius 3 is 2.61 bits per heavy atom. The molecule has 0 aliphatic rings. The van der Waals surface area contributed by atoms with E-state index >= 15 is 0 Å². The first-order valence-corrected chi connectivity index (χ1v) is 9.59. The zero-order chi connectivity index (χ0) is 19.9. The molecule has 0 spiro atoms. The SMILES string of the molecule is CN=C(NNN)NC(=O)c1nc(NC(=O)c2nccs2)sc1-c1ccccc1. The zero-order valence-electron chi connectivity index (χ0n) is 14.6. The van der Waals surface area contributed by atoms with E-state index in [4.69, 9.17) is 5.84 Å². The van der Waals surface area contributed by atoms with Gasteiger partial charge in [-0.3, -0.25) is 36.5 Å². The highest BCUT2D eigenvalue weighted by Gasteiger charge is 2.22. The quantitative estimate of drug-likeness (QED) is 0.182. The number of nitrogens with zero attached hydrogens (tertiary/aromatic N) is 3. The van der Waals surface area contributed by atoms with E-state index < -0.39 is 5.91 Å². The molecule has 6 N–H and O–H groups in total. The van der Waals surface area contributed by atoms with Crippen LogP contribution in [0.15, 0.2) is 46.9 Å². The third kappa shape index (κ3) is 4.55. The average molecular weight is 416 g/mol. The lowest BCUT2D eigenvalue weighted by molar-refractivity contribution is 0.0969. The molecule has 0 aliphatic heterocycles. The van der Waals surface area contributed by atoms with Gasteiger partial charge in [0.15, 0.2) is 10.1 Å². The van der Waals surface area contributed by atoms with E-state index in [-0.39, 0.29) is 22.7 Å². The lowest BCUT2D eigenvalue weighted by Crippen LogP contribution is -2.50. The molecule has 12 heteroatoms. The van der Waals surface area contributed by atoms with Gasteiger partial charge in [0, 0.05) is 18.6 Å². The van der Waals surface area contributed by atoms with Crippen LogP contribution in [-0.2, 0) is 0 Å². The van der Waals surface area contributed by atoms with E-state index in [1.807, 2.05) is 30.3 Å². The van der Waals surface area contributed by atoms with E-state index in [0.29, 0.717) is 9.88 Å². The molecule has 3 rings (SSSR count). The number of hydrogen-bond donors (Lipinski definition) is 5. The summed E-state index contributed by atoms with van der Waals surface area (Å²) in [4.78, 5) is 37.7. The van der Waals surface area contributed by atoms with Crippen LogP contribution in [0.1, 0.15) is 20.3 Å². The zero-order valence-corrected chi connectivity index (χ0v) is 16.2. The van der Waals surface area contributed by atoms with Gasteiger partial charge in [0.2, 0.25) is 5.96 Å². The van der Waals surface area contributed by atoms with Crippen LogP contribution in [0, 0.1) is 0 Å². The van der Waals surface area contributed by atoms with E-state index in [9.17, 15) is 9.59 Å². The summed E-state index contributed by atoms with van der Waals surface area (Å²) in [6.07, 6.45) is 1.54. The van der Waals surface area contributed by atoms with Crippen LogP contribution < -0.4 is 27.4 Å². The molecular formula is C16H16N8O2S2. The van der Waals surface area contributed by atoms with Gasteiger partial charge < -0.3 is 0 Å². The smallest absolute Gasteiger partial charge is 0.286 e. The molecule has 144 valence electrons. The van der Waals surface area contributed by atoms with E-state index in [2.05, 4.69) is 36.6 Å². The number of carbonyl (C=O) groups excluding carboxylic acids is 2. The van der Waals surface area contributed by atoms with Crippen molar-refractivity contribution in [3.63, 3.8) is 0 Å². The number of benzene rings is 1. The number of aromatic nitrogens is 2. The first-order valence-electron chi connectivity index (χ1n) is 7.89. The van der Waals surface area contributed by atoms with Crippen molar-refractivity contribution < 1.29 is 9.59 Å². The Balaban J connectivity index is 1.92. The van der Waals surface area contributed by atoms with Crippen LogP contribution in [0.2, 0.25) is 0 Å². The maximum absolute atomic E-state index is 12.7. The van der Waals surface area contributed by atoms with Gasteiger partial charge >= 0.3 is 0 Å². The van der Waals surface area contributed by atoms with Crippen molar-refractivity contribution in [3.05, 3.63) is 52.6 Å². The van der Waals surface area contributed by atoms with Crippen LogP contribution >= 0.6 is 22.7 Å². The van der Waals surface area contributed by atoms with Gasteiger partial charge in [-0.05, 0) is 5.56 Å². The van der Waals surface area contributed by atoms with Crippen LogP contribution in [-0.4, -0.2) is 34.8 Å². The summed E-state index contributed by atoms with van der Waals surface area (Å²) in [5.74, 6) is 4.41. The largest absolute Gasteiger partial charge is 0.296 e. The maximum atomic E-state index is 12.7. The molecule has 0 saturated carbocycles. The number of hydrogen-bond acceptors (Lipinski definition) is 9. The second kappa shape index (κ2) is 9.14. The van der Waals surface area contributed by atoms with Crippen molar-refractivity contribution >= 4 is 45.6 Å². The van der Waals surface area contributed by atoms with Gasteiger partial charge in [0.05, 0.1) is 4.88 Å². The number of nitrogens with two attached hydrogens (primary N) is 1.